The summed E-state index contributed by atoms with van der Waals surface area (Å²) >= 11 is 0. The van der Waals surface area contributed by atoms with Crippen LogP contribution in [0.5, 0.6) is 0 Å². The molecule has 2 rings (SSSR count). The first-order valence-electron chi connectivity index (χ1n) is 6.17. The average Bonchev–Trinajstić information content (AvgIpc) is 2.59. The minimum absolute atomic E-state index is 0.0993. The third kappa shape index (κ3) is 2.47. The quantitative estimate of drug-likeness (QED) is 0.866. The fourth-order valence-electron chi connectivity index (χ4n) is 2.73. The molecule has 0 heterocycles. The van der Waals surface area contributed by atoms with Gasteiger partial charge in [0.05, 0.1) is 0 Å². The molecule has 1 saturated carbocycles. The van der Waals surface area contributed by atoms with Crippen LogP contribution in [0.2, 0.25) is 0 Å². The van der Waals surface area contributed by atoms with Crippen LogP contribution in [-0.2, 0) is 4.79 Å². The Bertz CT molecular complexity index is 455. The summed E-state index contributed by atoms with van der Waals surface area (Å²) < 4.78 is 12.9. The fourth-order valence-corrected chi connectivity index (χ4v) is 2.73. The summed E-state index contributed by atoms with van der Waals surface area (Å²) in [6.45, 7) is 4.26. The molecule has 0 bridgehead atoms. The monoisotopic (exact) mass is 250 g/mol. The SMILES string of the molecule is CC1(C)CCC(Nc2ccc(F)cc2)(C(N)=O)C1. The first kappa shape index (κ1) is 12.9. The van der Waals surface area contributed by atoms with Crippen LogP contribution in [0.25, 0.3) is 0 Å². The molecule has 18 heavy (non-hydrogen) atoms. The topological polar surface area (TPSA) is 55.1 Å². The van der Waals surface area contributed by atoms with Crippen molar-refractivity contribution in [1.82, 2.24) is 0 Å². The number of hydrogen-bond donors (Lipinski definition) is 2. The van der Waals surface area contributed by atoms with Crippen LogP contribution >= 0.6 is 0 Å². The second-order valence-corrected chi connectivity index (χ2v) is 5.92. The summed E-state index contributed by atoms with van der Waals surface area (Å²) in [5.41, 5.74) is 5.68. The Labute approximate surface area is 107 Å². The molecule has 0 aliphatic heterocycles. The number of rotatable bonds is 3. The van der Waals surface area contributed by atoms with Gasteiger partial charge in [0.25, 0.3) is 0 Å². The first-order valence-corrected chi connectivity index (χ1v) is 6.17. The number of nitrogens with one attached hydrogen (secondary N) is 1. The van der Waals surface area contributed by atoms with Gasteiger partial charge in [-0.05, 0) is 48.9 Å². The molecule has 0 spiro atoms. The van der Waals surface area contributed by atoms with Crippen molar-refractivity contribution in [3.63, 3.8) is 0 Å². The second kappa shape index (κ2) is 4.26. The molecule has 0 radical (unpaired) electrons. The maximum Gasteiger partial charge on any atom is 0.243 e. The summed E-state index contributed by atoms with van der Waals surface area (Å²) in [5, 5.41) is 3.20. The number of amides is 1. The Balaban J connectivity index is 2.23. The van der Waals surface area contributed by atoms with Gasteiger partial charge in [-0.2, -0.15) is 0 Å². The Hall–Kier alpha value is -1.58. The van der Waals surface area contributed by atoms with E-state index in [2.05, 4.69) is 19.2 Å². The highest BCUT2D eigenvalue weighted by Crippen LogP contribution is 2.45. The first-order chi connectivity index (χ1) is 8.33. The van der Waals surface area contributed by atoms with Gasteiger partial charge in [-0.25, -0.2) is 4.39 Å². The van der Waals surface area contributed by atoms with Crippen LogP contribution in [0.1, 0.15) is 33.1 Å². The predicted molar refractivity (Wildman–Crippen MR) is 69.6 cm³/mol. The van der Waals surface area contributed by atoms with E-state index in [1.165, 1.54) is 12.1 Å². The molecule has 3 N–H and O–H groups in total. The molecule has 1 aromatic rings. The lowest BCUT2D eigenvalue weighted by Gasteiger charge is -2.30. The van der Waals surface area contributed by atoms with Gasteiger partial charge in [-0.1, -0.05) is 13.8 Å². The molecule has 3 nitrogen and oxygen atoms in total. The van der Waals surface area contributed by atoms with Crippen LogP contribution in [0.3, 0.4) is 0 Å². The van der Waals surface area contributed by atoms with E-state index in [0.717, 1.165) is 12.1 Å². The van der Waals surface area contributed by atoms with Crippen molar-refractivity contribution in [2.45, 2.75) is 38.6 Å². The van der Waals surface area contributed by atoms with Crippen molar-refractivity contribution in [3.8, 4) is 0 Å². The van der Waals surface area contributed by atoms with Gasteiger partial charge in [0, 0.05) is 5.69 Å². The maximum absolute atomic E-state index is 12.9. The molecule has 1 fully saturated rings. The molecule has 98 valence electrons. The fraction of sp³-hybridized carbons (Fsp3) is 0.500. The molecule has 1 amide bonds. The van der Waals surface area contributed by atoms with Gasteiger partial charge >= 0.3 is 0 Å². The van der Waals surface area contributed by atoms with E-state index in [9.17, 15) is 9.18 Å². The highest BCUT2D eigenvalue weighted by Gasteiger charge is 2.47. The van der Waals surface area contributed by atoms with Crippen molar-refractivity contribution in [2.24, 2.45) is 11.1 Å². The number of carbonyl (C=O) groups is 1. The number of carbonyl (C=O) groups excluding carboxylic acids is 1. The lowest BCUT2D eigenvalue weighted by atomic mass is 9.87. The Morgan fingerprint density at radius 2 is 1.89 bits per heavy atom. The minimum atomic E-state index is -0.707. The molecular formula is C14H19FN2O. The van der Waals surface area contributed by atoms with E-state index < -0.39 is 5.54 Å². The van der Waals surface area contributed by atoms with E-state index >= 15 is 0 Å². The largest absolute Gasteiger partial charge is 0.371 e. The molecule has 1 aliphatic rings. The normalized spacial score (nSPS) is 25.9. The van der Waals surface area contributed by atoms with Crippen molar-refractivity contribution >= 4 is 11.6 Å². The van der Waals surface area contributed by atoms with Crippen molar-refractivity contribution in [1.29, 1.82) is 0 Å². The predicted octanol–water partition coefficient (Wildman–Crippen LogP) is 2.67. The van der Waals surface area contributed by atoms with E-state index in [4.69, 9.17) is 5.73 Å². The standard InChI is InChI=1S/C14H19FN2O/c1-13(2)7-8-14(9-13,12(16)18)17-11-5-3-10(15)4-6-11/h3-6,17H,7-9H2,1-2H3,(H2,16,18). The third-order valence-electron chi connectivity index (χ3n) is 3.71. The summed E-state index contributed by atoms with van der Waals surface area (Å²) in [7, 11) is 0. The van der Waals surface area contributed by atoms with Crippen molar-refractivity contribution in [3.05, 3.63) is 30.1 Å². The highest BCUT2D eigenvalue weighted by atomic mass is 19.1. The molecule has 4 heteroatoms. The maximum atomic E-state index is 12.9. The second-order valence-electron chi connectivity index (χ2n) is 5.92. The van der Waals surface area contributed by atoms with Crippen molar-refractivity contribution < 1.29 is 9.18 Å². The molecular weight excluding hydrogens is 231 g/mol. The van der Waals surface area contributed by atoms with Crippen LogP contribution in [-0.4, -0.2) is 11.4 Å². The molecule has 0 saturated heterocycles. The molecule has 1 atom stereocenters. The summed E-state index contributed by atoms with van der Waals surface area (Å²) in [6, 6.07) is 6.00. The summed E-state index contributed by atoms with van der Waals surface area (Å²) in [5.74, 6) is -0.627. The average molecular weight is 250 g/mol. The van der Waals surface area contributed by atoms with Gasteiger partial charge in [-0.15, -0.1) is 0 Å². The van der Waals surface area contributed by atoms with Crippen LogP contribution < -0.4 is 11.1 Å². The molecule has 0 aromatic heterocycles. The number of nitrogens with two attached hydrogens (primary N) is 1. The number of hydrogen-bond acceptors (Lipinski definition) is 2. The number of benzene rings is 1. The smallest absolute Gasteiger partial charge is 0.243 e. The molecule has 1 aromatic carbocycles. The van der Waals surface area contributed by atoms with E-state index in [1.807, 2.05) is 0 Å². The third-order valence-corrected chi connectivity index (χ3v) is 3.71. The zero-order valence-corrected chi connectivity index (χ0v) is 10.8. The minimum Gasteiger partial charge on any atom is -0.371 e. The summed E-state index contributed by atoms with van der Waals surface area (Å²) in [4.78, 5) is 11.8. The van der Waals surface area contributed by atoms with E-state index in [-0.39, 0.29) is 17.1 Å². The molecule has 1 unspecified atom stereocenters. The van der Waals surface area contributed by atoms with Gasteiger partial charge in [0.1, 0.15) is 11.4 Å². The Morgan fingerprint density at radius 1 is 1.28 bits per heavy atom. The lowest BCUT2D eigenvalue weighted by Crippen LogP contribution is -2.49. The molecule has 1 aliphatic carbocycles. The van der Waals surface area contributed by atoms with Gasteiger partial charge in [0.2, 0.25) is 5.91 Å². The van der Waals surface area contributed by atoms with Crippen LogP contribution in [0.15, 0.2) is 24.3 Å². The zero-order valence-electron chi connectivity index (χ0n) is 10.8. The number of primary amides is 1. The Kier molecular flexibility index (Phi) is 3.05. The van der Waals surface area contributed by atoms with E-state index in [1.54, 1.807) is 12.1 Å². The van der Waals surface area contributed by atoms with Crippen LogP contribution in [0.4, 0.5) is 10.1 Å². The number of anilines is 1. The van der Waals surface area contributed by atoms with E-state index in [0.29, 0.717) is 12.8 Å². The van der Waals surface area contributed by atoms with Gasteiger partial charge < -0.3 is 11.1 Å². The lowest BCUT2D eigenvalue weighted by molar-refractivity contribution is -0.122. The highest BCUT2D eigenvalue weighted by molar-refractivity contribution is 5.88. The number of halogens is 1. The Morgan fingerprint density at radius 3 is 2.33 bits per heavy atom. The van der Waals surface area contributed by atoms with Crippen molar-refractivity contribution in [2.75, 3.05) is 5.32 Å². The summed E-state index contributed by atoms with van der Waals surface area (Å²) in [6.07, 6.45) is 2.36. The van der Waals surface area contributed by atoms with Crippen LogP contribution in [0, 0.1) is 11.2 Å². The van der Waals surface area contributed by atoms with Gasteiger partial charge in [0.15, 0.2) is 0 Å². The van der Waals surface area contributed by atoms with Gasteiger partial charge in [-0.3, -0.25) is 4.79 Å². The zero-order chi connectivity index (χ0) is 13.4.